The molecule has 0 spiro atoms. The molecule has 0 fully saturated rings. The second-order valence-corrected chi connectivity index (χ2v) is 6.00. The van der Waals surface area contributed by atoms with Crippen LogP contribution in [0.5, 0.6) is 0 Å². The van der Waals surface area contributed by atoms with Crippen LogP contribution in [0.1, 0.15) is 24.0 Å². The Kier molecular flexibility index (Phi) is 7.50. The predicted molar refractivity (Wildman–Crippen MR) is 107 cm³/mol. The van der Waals surface area contributed by atoms with E-state index in [9.17, 15) is 0 Å². The Morgan fingerprint density at radius 1 is 1.12 bits per heavy atom. The lowest BCUT2D eigenvalue weighted by atomic mass is 9.97. The number of oxime groups is 1. The molecule has 0 saturated carbocycles. The minimum absolute atomic E-state index is 0. The zero-order valence-corrected chi connectivity index (χ0v) is 15.8. The summed E-state index contributed by atoms with van der Waals surface area (Å²) >= 11 is 0. The standard InChI is InChI=1S/C18H20N4O2.2ClH/c1-3-15(4-2-13(1)14-5-8-19-9-6-14)17-11-16(24-21-17)12-20-18-7-10-23-22-18;;/h1-5,7,10,16,19H,6,8-9,11-12H2,(H,20,22);2*1H/t16-;;/m0../s1. The molecule has 2 aromatic rings. The second-order valence-electron chi connectivity index (χ2n) is 6.00. The second kappa shape index (κ2) is 9.62. The lowest BCUT2D eigenvalue weighted by molar-refractivity contribution is 0.0948. The third-order valence-electron chi connectivity index (χ3n) is 4.33. The lowest BCUT2D eigenvalue weighted by Crippen LogP contribution is -2.20. The summed E-state index contributed by atoms with van der Waals surface area (Å²) in [5.74, 6) is 0.714. The fourth-order valence-electron chi connectivity index (χ4n) is 2.99. The van der Waals surface area contributed by atoms with Crippen molar-refractivity contribution >= 4 is 41.9 Å². The van der Waals surface area contributed by atoms with Crippen LogP contribution in [-0.2, 0) is 4.84 Å². The smallest absolute Gasteiger partial charge is 0.169 e. The molecule has 2 aliphatic rings. The van der Waals surface area contributed by atoms with Crippen LogP contribution in [0, 0.1) is 0 Å². The molecule has 1 aromatic heterocycles. The summed E-state index contributed by atoms with van der Waals surface area (Å²) in [5.41, 5.74) is 4.83. The summed E-state index contributed by atoms with van der Waals surface area (Å²) in [6, 6.07) is 10.4. The van der Waals surface area contributed by atoms with Crippen molar-refractivity contribution in [1.29, 1.82) is 0 Å². The first-order valence-electron chi connectivity index (χ1n) is 8.26. The molecule has 3 heterocycles. The third-order valence-corrected chi connectivity index (χ3v) is 4.33. The van der Waals surface area contributed by atoms with E-state index in [1.165, 1.54) is 11.1 Å². The van der Waals surface area contributed by atoms with Gasteiger partial charge >= 0.3 is 0 Å². The molecular weight excluding hydrogens is 375 g/mol. The van der Waals surface area contributed by atoms with Gasteiger partial charge in [-0.2, -0.15) is 0 Å². The van der Waals surface area contributed by atoms with Crippen molar-refractivity contribution in [3.63, 3.8) is 0 Å². The first-order valence-corrected chi connectivity index (χ1v) is 8.26. The van der Waals surface area contributed by atoms with Crippen molar-refractivity contribution in [2.45, 2.75) is 18.9 Å². The van der Waals surface area contributed by atoms with Gasteiger partial charge < -0.3 is 20.0 Å². The Hall–Kier alpha value is -2.02. The number of nitrogens with zero attached hydrogens (tertiary/aromatic N) is 2. The maximum absolute atomic E-state index is 5.51. The van der Waals surface area contributed by atoms with E-state index in [-0.39, 0.29) is 30.9 Å². The van der Waals surface area contributed by atoms with E-state index in [4.69, 9.17) is 9.36 Å². The zero-order valence-electron chi connectivity index (χ0n) is 14.2. The summed E-state index contributed by atoms with van der Waals surface area (Å²) in [4.78, 5) is 5.51. The van der Waals surface area contributed by atoms with Crippen LogP contribution in [0.15, 0.2) is 52.3 Å². The topological polar surface area (TPSA) is 71.7 Å². The van der Waals surface area contributed by atoms with E-state index in [1.807, 2.05) is 0 Å². The summed E-state index contributed by atoms with van der Waals surface area (Å²) in [6.07, 6.45) is 5.69. The van der Waals surface area contributed by atoms with Gasteiger partial charge in [0, 0.05) is 19.0 Å². The van der Waals surface area contributed by atoms with Gasteiger partial charge in [0.15, 0.2) is 5.82 Å². The number of hydrogen-bond acceptors (Lipinski definition) is 6. The van der Waals surface area contributed by atoms with Crippen LogP contribution in [-0.4, -0.2) is 36.6 Å². The van der Waals surface area contributed by atoms with Crippen LogP contribution in [0.2, 0.25) is 0 Å². The summed E-state index contributed by atoms with van der Waals surface area (Å²) < 4.78 is 4.79. The van der Waals surface area contributed by atoms with Crippen LogP contribution in [0.4, 0.5) is 5.82 Å². The van der Waals surface area contributed by atoms with Gasteiger partial charge in [0.05, 0.1) is 12.3 Å². The van der Waals surface area contributed by atoms with Crippen LogP contribution < -0.4 is 10.6 Å². The molecule has 140 valence electrons. The first-order chi connectivity index (χ1) is 11.9. The molecule has 1 aromatic carbocycles. The van der Waals surface area contributed by atoms with E-state index in [1.54, 1.807) is 12.3 Å². The highest BCUT2D eigenvalue weighted by Crippen LogP contribution is 2.22. The normalized spacial score (nSPS) is 18.7. The van der Waals surface area contributed by atoms with Gasteiger partial charge in [-0.15, -0.1) is 24.8 Å². The number of aromatic nitrogens is 1. The zero-order chi connectivity index (χ0) is 16.2. The number of rotatable bonds is 5. The van der Waals surface area contributed by atoms with Crippen LogP contribution in [0.25, 0.3) is 5.57 Å². The minimum atomic E-state index is 0. The summed E-state index contributed by atoms with van der Waals surface area (Å²) in [5, 5.41) is 14.6. The molecule has 0 bridgehead atoms. The molecule has 1 atom stereocenters. The lowest BCUT2D eigenvalue weighted by Gasteiger charge is -2.14. The molecule has 0 saturated heterocycles. The quantitative estimate of drug-likeness (QED) is 0.808. The molecule has 0 amide bonds. The highest BCUT2D eigenvalue weighted by Gasteiger charge is 2.22. The third kappa shape index (κ3) is 4.78. The molecule has 0 unspecified atom stereocenters. The Bertz CT molecular complexity index is 745. The summed E-state index contributed by atoms with van der Waals surface area (Å²) in [7, 11) is 0. The van der Waals surface area contributed by atoms with Gasteiger partial charge in [0.2, 0.25) is 0 Å². The largest absolute Gasteiger partial charge is 0.390 e. The Morgan fingerprint density at radius 3 is 2.62 bits per heavy atom. The highest BCUT2D eigenvalue weighted by molar-refractivity contribution is 6.01. The van der Waals surface area contributed by atoms with Crippen molar-refractivity contribution in [2.24, 2.45) is 5.16 Å². The predicted octanol–water partition coefficient (Wildman–Crippen LogP) is 3.50. The van der Waals surface area contributed by atoms with Crippen molar-refractivity contribution < 1.29 is 9.36 Å². The fourth-order valence-corrected chi connectivity index (χ4v) is 2.99. The Balaban J connectivity index is 0.00000121. The average molecular weight is 397 g/mol. The maximum atomic E-state index is 5.51. The molecule has 2 N–H and O–H groups in total. The van der Waals surface area contributed by atoms with E-state index in [0.717, 1.165) is 37.2 Å². The monoisotopic (exact) mass is 396 g/mol. The maximum Gasteiger partial charge on any atom is 0.169 e. The van der Waals surface area contributed by atoms with Gasteiger partial charge in [-0.25, -0.2) is 0 Å². The van der Waals surface area contributed by atoms with Crippen LogP contribution in [0.3, 0.4) is 0 Å². The number of anilines is 1. The highest BCUT2D eigenvalue weighted by atomic mass is 35.5. The molecule has 4 rings (SSSR count). The molecule has 8 heteroatoms. The van der Waals surface area contributed by atoms with Gasteiger partial charge in [0.25, 0.3) is 0 Å². The van der Waals surface area contributed by atoms with Crippen molar-refractivity contribution in [2.75, 3.05) is 25.0 Å². The van der Waals surface area contributed by atoms with Crippen molar-refractivity contribution in [3.05, 3.63) is 53.8 Å². The molecule has 26 heavy (non-hydrogen) atoms. The number of hydrogen-bond donors (Lipinski definition) is 2. The van der Waals surface area contributed by atoms with Crippen molar-refractivity contribution in [1.82, 2.24) is 10.5 Å². The van der Waals surface area contributed by atoms with Crippen LogP contribution >= 0.6 is 24.8 Å². The van der Waals surface area contributed by atoms with E-state index in [2.05, 4.69) is 51.3 Å². The summed E-state index contributed by atoms with van der Waals surface area (Å²) in [6.45, 7) is 2.66. The molecule has 0 aliphatic carbocycles. The number of nitrogens with one attached hydrogen (secondary N) is 2. The Labute approximate surface area is 164 Å². The van der Waals surface area contributed by atoms with Gasteiger partial charge in [-0.1, -0.05) is 40.7 Å². The average Bonchev–Trinajstić information content (AvgIpc) is 3.33. The van der Waals surface area contributed by atoms with Gasteiger partial charge in [-0.3, -0.25) is 0 Å². The molecule has 2 aliphatic heterocycles. The molecule has 0 radical (unpaired) electrons. The van der Waals surface area contributed by atoms with E-state index < -0.39 is 0 Å². The minimum Gasteiger partial charge on any atom is -0.390 e. The van der Waals surface area contributed by atoms with Gasteiger partial charge in [0.1, 0.15) is 12.4 Å². The molecular formula is C18H22Cl2N4O2. The number of benzene rings is 1. The Morgan fingerprint density at radius 2 is 1.92 bits per heavy atom. The molecule has 6 nitrogen and oxygen atoms in total. The van der Waals surface area contributed by atoms with Gasteiger partial charge in [-0.05, 0) is 29.7 Å². The fraction of sp³-hybridized carbons (Fsp3) is 0.333. The SMILES string of the molecule is C1=C(c2ccc(C3=NO[C@H](CNc4ccon4)C3)cc2)CCNC1.Cl.Cl. The van der Waals surface area contributed by atoms with E-state index >= 15 is 0 Å². The first kappa shape index (κ1) is 20.3. The van der Waals surface area contributed by atoms with Crippen molar-refractivity contribution in [3.8, 4) is 0 Å². The number of halogens is 2. The van der Waals surface area contributed by atoms with E-state index in [0.29, 0.717) is 12.4 Å².